The number of aliphatic carboxylic acids is 1. The van der Waals surface area contributed by atoms with Gasteiger partial charge in [-0.3, -0.25) is 19.2 Å². The van der Waals surface area contributed by atoms with Crippen LogP contribution in [0.4, 0.5) is 10.5 Å². The molecule has 10 N–H and O–H groups in total. The van der Waals surface area contributed by atoms with E-state index in [9.17, 15) is 59.1 Å². The normalized spacial score (nSPS) is 20.4. The van der Waals surface area contributed by atoms with Crippen LogP contribution in [0, 0.1) is 5.92 Å². The largest absolute Gasteiger partial charge is 0.479 e. The van der Waals surface area contributed by atoms with E-state index in [0.29, 0.717) is 49.9 Å². The van der Waals surface area contributed by atoms with Crippen molar-refractivity contribution in [2.75, 3.05) is 58.0 Å². The Morgan fingerprint density at radius 3 is 2.25 bits per heavy atom. The number of pyridine rings is 2. The lowest BCUT2D eigenvalue weighted by molar-refractivity contribution is -0.271. The number of carboxylic acids is 1. The highest BCUT2D eigenvalue weighted by Gasteiger charge is 2.49. The molecule has 2 aromatic heterocycles. The lowest BCUT2D eigenvalue weighted by Gasteiger charge is -2.38. The van der Waals surface area contributed by atoms with Crippen molar-refractivity contribution in [3.63, 3.8) is 0 Å². The number of hydrogen-bond donors (Lipinski definition) is 9. The molecule has 26 nitrogen and oxygen atoms in total. The number of aliphatic hydroxyl groups is 4. The highest BCUT2D eigenvalue weighted by molar-refractivity contribution is 5.99. The van der Waals surface area contributed by atoms with Gasteiger partial charge in [0.15, 0.2) is 11.7 Å². The van der Waals surface area contributed by atoms with E-state index < -0.39 is 108 Å². The lowest BCUT2D eigenvalue weighted by Crippen LogP contribution is -2.61. The number of unbranched alkanes of at least 4 members (excludes halogenated alkanes) is 2. The number of fused-ring (bicyclic) bond motifs is 5. The van der Waals surface area contributed by atoms with Crippen molar-refractivity contribution in [2.24, 2.45) is 11.7 Å². The second-order valence-electron chi connectivity index (χ2n) is 21.8. The van der Waals surface area contributed by atoms with Gasteiger partial charge in [-0.05, 0) is 101 Å². The van der Waals surface area contributed by atoms with E-state index in [1.54, 1.807) is 45.3 Å². The predicted molar refractivity (Wildman–Crippen MR) is 305 cm³/mol. The topological polar surface area (TPSA) is 368 Å². The molecule has 2 aromatic carbocycles. The number of aliphatic hydroxyl groups excluding tert-OH is 3. The predicted octanol–water partition coefficient (Wildman–Crippen LogP) is 2.09. The third kappa shape index (κ3) is 15.7. The molecular formula is C59H79N7O19. The number of nitrogens with two attached hydrogens (primary N) is 1. The number of esters is 1. The van der Waals surface area contributed by atoms with Crippen LogP contribution in [0.1, 0.15) is 101 Å². The maximum absolute atomic E-state index is 14.1. The number of anilines is 1. The smallest absolute Gasteiger partial charge is 0.410 e. The first-order valence-corrected chi connectivity index (χ1v) is 28.7. The number of ether oxygens (including phenoxy) is 7. The van der Waals surface area contributed by atoms with Gasteiger partial charge >= 0.3 is 18.0 Å². The molecule has 5 heterocycles. The van der Waals surface area contributed by atoms with E-state index in [1.807, 2.05) is 24.3 Å². The van der Waals surface area contributed by atoms with Crippen LogP contribution in [0.15, 0.2) is 53.3 Å². The van der Waals surface area contributed by atoms with Gasteiger partial charge < -0.3 is 89.8 Å². The Labute approximate surface area is 491 Å². The number of nitrogens with one attached hydrogen (secondary N) is 3. The van der Waals surface area contributed by atoms with E-state index in [2.05, 4.69) is 16.0 Å². The summed E-state index contributed by atoms with van der Waals surface area (Å²) in [5, 5.41) is 61.8. The minimum Gasteiger partial charge on any atom is -0.479 e. The van der Waals surface area contributed by atoms with E-state index in [-0.39, 0.29) is 80.3 Å². The van der Waals surface area contributed by atoms with Gasteiger partial charge in [0.25, 0.3) is 5.56 Å². The van der Waals surface area contributed by atoms with Gasteiger partial charge in [0, 0.05) is 42.1 Å². The number of carboxylic acid groups (broad SMARTS) is 1. The van der Waals surface area contributed by atoms with Crippen molar-refractivity contribution in [1.82, 2.24) is 25.1 Å². The molecule has 0 saturated carbocycles. The SMILES string of the molecule is CC[C@@]1(O)C(=O)OCc2c1cc1n(c2=O)Cc2c-1nc1ccccc1c2CCN(C(=O)OCc1ccc(NC(=O)[C@H](C)NC(=O)[C@@H](NC(=O)CCOCCOCCOCCCCCN)C(C)C)c(O[C@H]2O[C@H](C(=O)O)[C@@H](O)[C@H](O)[C@H]2O)c1)C(C)C. The third-order valence-electron chi connectivity index (χ3n) is 15.1. The molecule has 7 rings (SSSR count). The first kappa shape index (κ1) is 65.4. The number of para-hydroxylation sites is 1. The lowest BCUT2D eigenvalue weighted by atomic mass is 9.86. The number of rotatable bonds is 30. The second-order valence-corrected chi connectivity index (χ2v) is 21.8. The van der Waals surface area contributed by atoms with Crippen LogP contribution in [0.25, 0.3) is 22.3 Å². The minimum atomic E-state index is -2.04. The van der Waals surface area contributed by atoms with Crippen LogP contribution in [0.2, 0.25) is 0 Å². The van der Waals surface area contributed by atoms with Crippen molar-refractivity contribution >= 4 is 52.3 Å². The van der Waals surface area contributed by atoms with Gasteiger partial charge in [-0.25, -0.2) is 19.4 Å². The molecule has 8 atom stereocenters. The van der Waals surface area contributed by atoms with Gasteiger partial charge in [-0.1, -0.05) is 45.0 Å². The number of benzene rings is 2. The summed E-state index contributed by atoms with van der Waals surface area (Å²) < 4.78 is 40.5. The Morgan fingerprint density at radius 1 is 0.859 bits per heavy atom. The van der Waals surface area contributed by atoms with Crippen molar-refractivity contribution in [3.8, 4) is 17.1 Å². The average Bonchev–Trinajstić information content (AvgIpc) is 1.84. The molecule has 4 amide bonds. The molecule has 4 aromatic rings. The van der Waals surface area contributed by atoms with Gasteiger partial charge in [0.05, 0.1) is 67.7 Å². The highest BCUT2D eigenvalue weighted by Crippen LogP contribution is 2.41. The third-order valence-corrected chi connectivity index (χ3v) is 15.1. The Morgan fingerprint density at radius 2 is 1.56 bits per heavy atom. The maximum Gasteiger partial charge on any atom is 0.410 e. The molecule has 3 aliphatic heterocycles. The summed E-state index contributed by atoms with van der Waals surface area (Å²) in [6.45, 7) is 12.4. The van der Waals surface area contributed by atoms with Gasteiger partial charge in [-0.15, -0.1) is 0 Å². The quantitative estimate of drug-likeness (QED) is 0.0235. The van der Waals surface area contributed by atoms with Crippen LogP contribution in [-0.2, 0) is 84.2 Å². The molecule has 464 valence electrons. The number of carbonyl (C=O) groups is 6. The van der Waals surface area contributed by atoms with Crippen molar-refractivity contribution in [2.45, 2.75) is 154 Å². The van der Waals surface area contributed by atoms with Gasteiger partial charge in [0.1, 0.15) is 49.4 Å². The summed E-state index contributed by atoms with van der Waals surface area (Å²) in [6.07, 6.45) is -7.68. The Bertz CT molecular complexity index is 3100. The fourth-order valence-corrected chi connectivity index (χ4v) is 10.2. The molecule has 1 fully saturated rings. The zero-order valence-electron chi connectivity index (χ0n) is 48.7. The van der Waals surface area contributed by atoms with Crippen LogP contribution in [0.3, 0.4) is 0 Å². The summed E-state index contributed by atoms with van der Waals surface area (Å²) in [5.74, 6) is -5.11. The zero-order valence-corrected chi connectivity index (χ0v) is 48.7. The molecule has 0 aliphatic carbocycles. The molecule has 0 unspecified atom stereocenters. The number of cyclic esters (lactones) is 1. The molecule has 0 radical (unpaired) electrons. The monoisotopic (exact) mass is 1190 g/mol. The Balaban J connectivity index is 1.01. The highest BCUT2D eigenvalue weighted by atomic mass is 16.7. The van der Waals surface area contributed by atoms with E-state index >= 15 is 0 Å². The van der Waals surface area contributed by atoms with Crippen LogP contribution < -0.4 is 32.0 Å². The number of nitrogens with zero attached hydrogens (tertiary/aromatic N) is 3. The summed E-state index contributed by atoms with van der Waals surface area (Å²) >= 11 is 0. The number of aromatic nitrogens is 2. The van der Waals surface area contributed by atoms with Crippen LogP contribution in [0.5, 0.6) is 5.75 Å². The summed E-state index contributed by atoms with van der Waals surface area (Å²) in [6, 6.07) is 10.5. The zero-order chi connectivity index (χ0) is 61.7. The molecule has 26 heteroatoms. The molecule has 3 aliphatic rings. The van der Waals surface area contributed by atoms with Crippen molar-refractivity contribution in [1.29, 1.82) is 0 Å². The number of hydrogen-bond acceptors (Lipinski definition) is 20. The summed E-state index contributed by atoms with van der Waals surface area (Å²) in [4.78, 5) is 99.7. The van der Waals surface area contributed by atoms with Crippen molar-refractivity contribution < 1.29 is 87.5 Å². The maximum atomic E-state index is 14.1. The molecular weight excluding hydrogens is 1110 g/mol. The minimum absolute atomic E-state index is 0.0205. The second kappa shape index (κ2) is 29.8. The van der Waals surface area contributed by atoms with Crippen molar-refractivity contribution in [3.05, 3.63) is 86.7 Å². The average molecular weight is 1190 g/mol. The molecule has 0 spiro atoms. The standard InChI is InChI=1S/C59H79N7O19/c1-7-59(78)40-28-43-47-38(29-66(43)54(73)39(40)31-82-57(59)76)36(37-13-9-10-14-41(37)62-47)17-20-65(33(4)5)58(77)83-30-35-15-16-42(44(27-35)84-56-50(70)48(68)49(69)51(85-56)55(74)75)63-52(71)34(6)61-53(72)46(32(2)3)64-45(67)18-22-80-24-26-81-25-23-79-21-12-8-11-19-60/h9-10,13-16,27-28,32-34,46,48-51,56,68-70,78H,7-8,11-12,17-26,29-31,60H2,1-6H3,(H,61,72)(H,63,71)(H,64,67)(H,74,75)/t34-,46-,48-,49-,50+,51-,56-,59-/m0/s1. The fourth-order valence-electron chi connectivity index (χ4n) is 10.2. The van der Waals surface area contributed by atoms with Crippen LogP contribution in [-0.4, -0.2) is 177 Å². The van der Waals surface area contributed by atoms with E-state index in [4.69, 9.17) is 43.9 Å². The molecule has 0 bridgehead atoms. The first-order chi connectivity index (χ1) is 40.6. The Hall–Kier alpha value is -7.14. The molecule has 1 saturated heterocycles. The van der Waals surface area contributed by atoms with E-state index in [0.717, 1.165) is 35.8 Å². The molecule has 85 heavy (non-hydrogen) atoms. The van der Waals surface area contributed by atoms with Gasteiger partial charge in [-0.2, -0.15) is 0 Å². The van der Waals surface area contributed by atoms with Crippen LogP contribution >= 0.6 is 0 Å². The summed E-state index contributed by atoms with van der Waals surface area (Å²) in [7, 11) is 0. The Kier molecular flexibility index (Phi) is 22.9. The first-order valence-electron chi connectivity index (χ1n) is 28.7. The number of amides is 4. The fraction of sp³-hybridized carbons (Fsp3) is 0.559. The number of carbonyl (C=O) groups excluding carboxylic acids is 5. The van der Waals surface area contributed by atoms with Gasteiger partial charge in [0.2, 0.25) is 24.0 Å². The van der Waals surface area contributed by atoms with E-state index in [1.165, 1.54) is 30.0 Å². The summed E-state index contributed by atoms with van der Waals surface area (Å²) in [5.41, 5.74) is 6.67.